The van der Waals surface area contributed by atoms with E-state index in [1.54, 1.807) is 0 Å². The predicted octanol–water partition coefficient (Wildman–Crippen LogP) is 6.04. The predicted molar refractivity (Wildman–Crippen MR) is 129 cm³/mol. The highest BCUT2D eigenvalue weighted by Crippen LogP contribution is 2.33. The van der Waals surface area contributed by atoms with Crippen molar-refractivity contribution in [1.29, 1.82) is 0 Å². The fraction of sp³-hybridized carbons (Fsp3) is 0.208. The first-order valence-electron chi connectivity index (χ1n) is 9.80. The van der Waals surface area contributed by atoms with Crippen molar-refractivity contribution in [2.24, 2.45) is 0 Å². The van der Waals surface area contributed by atoms with E-state index in [1.807, 2.05) is 24.3 Å². The molecule has 0 spiro atoms. The normalized spacial score (nSPS) is 12.4. The van der Waals surface area contributed by atoms with Gasteiger partial charge in [-0.1, -0.05) is 44.0 Å². The lowest BCUT2D eigenvalue weighted by Crippen LogP contribution is -2.24. The summed E-state index contributed by atoms with van der Waals surface area (Å²) < 4.78 is 15.3. The smallest absolute Gasteiger partial charge is 0.333 e. The van der Waals surface area contributed by atoms with Crippen LogP contribution in [0.4, 0.5) is 0 Å². The minimum atomic E-state index is -0.965. The maximum absolute atomic E-state index is 11.1. The number of hydrogen-bond donors (Lipinski definition) is 1. The van der Waals surface area contributed by atoms with Crippen LogP contribution in [-0.2, 0) is 22.5 Å². The van der Waals surface area contributed by atoms with E-state index in [0.29, 0.717) is 19.6 Å². The third-order valence-electron chi connectivity index (χ3n) is 5.28. The number of hydrogen-bond acceptors (Lipinski definition) is 3. The van der Waals surface area contributed by atoms with Crippen LogP contribution in [-0.4, -0.2) is 35.5 Å². The molecule has 4 aromatic rings. The number of ether oxygens (including phenoxy) is 2. The second kappa shape index (κ2) is 9.42. The van der Waals surface area contributed by atoms with E-state index in [1.165, 1.54) is 17.9 Å². The quantitative estimate of drug-likeness (QED) is 0.292. The highest BCUT2D eigenvalue weighted by molar-refractivity contribution is 9.10. The number of aromatic nitrogens is 1. The van der Waals surface area contributed by atoms with Crippen molar-refractivity contribution < 1.29 is 19.4 Å². The molecule has 0 saturated heterocycles. The molecular formula is C24H21Br2NO4. The van der Waals surface area contributed by atoms with Gasteiger partial charge in [-0.3, -0.25) is 0 Å². The lowest BCUT2D eigenvalue weighted by molar-refractivity contribution is -0.148. The van der Waals surface area contributed by atoms with Gasteiger partial charge < -0.3 is 19.1 Å². The van der Waals surface area contributed by atoms with Gasteiger partial charge in [-0.25, -0.2) is 4.79 Å². The zero-order valence-corrected chi connectivity index (χ0v) is 20.0. The zero-order valence-electron chi connectivity index (χ0n) is 16.8. The van der Waals surface area contributed by atoms with Gasteiger partial charge in [0.2, 0.25) is 0 Å². The van der Waals surface area contributed by atoms with Crippen LogP contribution in [0, 0.1) is 0 Å². The summed E-state index contributed by atoms with van der Waals surface area (Å²) in [6.45, 7) is 1.22. The summed E-state index contributed by atoms with van der Waals surface area (Å²) in [4.78, 5) is 11.1. The Morgan fingerprint density at radius 3 is 2.06 bits per heavy atom. The van der Waals surface area contributed by atoms with E-state index in [-0.39, 0.29) is 0 Å². The number of carboxylic acid groups (broad SMARTS) is 1. The van der Waals surface area contributed by atoms with Gasteiger partial charge in [0.25, 0.3) is 0 Å². The van der Waals surface area contributed by atoms with Gasteiger partial charge in [0.05, 0.1) is 6.54 Å². The van der Waals surface area contributed by atoms with Gasteiger partial charge in [0, 0.05) is 44.3 Å². The summed E-state index contributed by atoms with van der Waals surface area (Å²) >= 11 is 7.15. The molecule has 1 N–H and O–H groups in total. The highest BCUT2D eigenvalue weighted by atomic mass is 79.9. The Hall–Kier alpha value is -2.35. The summed E-state index contributed by atoms with van der Waals surface area (Å²) in [7, 11) is 1.41. The second-order valence-electron chi connectivity index (χ2n) is 7.23. The average molecular weight is 547 g/mol. The van der Waals surface area contributed by atoms with E-state index in [4.69, 9.17) is 14.6 Å². The number of rotatable bonds is 8. The van der Waals surface area contributed by atoms with Crippen molar-refractivity contribution in [3.63, 3.8) is 0 Å². The first kappa shape index (κ1) is 21.9. The Bertz CT molecular complexity index is 1170. The van der Waals surface area contributed by atoms with Crippen LogP contribution in [0.5, 0.6) is 5.75 Å². The average Bonchev–Trinajstić information content (AvgIpc) is 3.05. The van der Waals surface area contributed by atoms with E-state index < -0.39 is 12.1 Å². The van der Waals surface area contributed by atoms with E-state index in [0.717, 1.165) is 31.3 Å². The fourth-order valence-corrected chi connectivity index (χ4v) is 4.47. The first-order valence-corrected chi connectivity index (χ1v) is 11.4. The van der Waals surface area contributed by atoms with E-state index in [9.17, 15) is 4.79 Å². The Morgan fingerprint density at radius 2 is 1.55 bits per heavy atom. The fourth-order valence-electron chi connectivity index (χ4n) is 3.75. The molecule has 0 aliphatic heterocycles. The van der Waals surface area contributed by atoms with Gasteiger partial charge in [-0.05, 0) is 54.1 Å². The van der Waals surface area contributed by atoms with Crippen LogP contribution in [0.2, 0.25) is 0 Å². The monoisotopic (exact) mass is 545 g/mol. The SMILES string of the molecule is CO[C@@H](Cc1ccc(OCCn2c3ccc(Br)cc3c3cc(Br)ccc32)cc1)C(=O)O. The molecule has 5 nitrogen and oxygen atoms in total. The molecule has 0 aliphatic rings. The Labute approximate surface area is 196 Å². The minimum absolute atomic E-state index is 0.318. The third-order valence-corrected chi connectivity index (χ3v) is 6.26. The van der Waals surface area contributed by atoms with Crippen LogP contribution < -0.4 is 4.74 Å². The number of carboxylic acids is 1. The van der Waals surface area contributed by atoms with Crippen molar-refractivity contribution in [3.8, 4) is 5.75 Å². The number of halogens is 2. The lowest BCUT2D eigenvalue weighted by atomic mass is 10.1. The molecule has 3 aromatic carbocycles. The maximum Gasteiger partial charge on any atom is 0.333 e. The summed E-state index contributed by atoms with van der Waals surface area (Å²) in [5, 5.41) is 11.5. The number of carbonyl (C=O) groups is 1. The summed E-state index contributed by atoms with van der Waals surface area (Å²) in [5.74, 6) is -0.215. The molecule has 0 bridgehead atoms. The second-order valence-corrected chi connectivity index (χ2v) is 9.07. The minimum Gasteiger partial charge on any atom is -0.492 e. The first-order chi connectivity index (χ1) is 15.0. The molecule has 0 radical (unpaired) electrons. The topological polar surface area (TPSA) is 60.7 Å². The lowest BCUT2D eigenvalue weighted by Gasteiger charge is -2.12. The molecule has 0 aliphatic carbocycles. The van der Waals surface area contributed by atoms with E-state index in [2.05, 4.69) is 72.8 Å². The number of benzene rings is 3. The molecule has 0 fully saturated rings. The molecular weight excluding hydrogens is 526 g/mol. The van der Waals surface area contributed by atoms with Crippen molar-refractivity contribution in [1.82, 2.24) is 4.57 Å². The zero-order chi connectivity index (χ0) is 22.0. The largest absolute Gasteiger partial charge is 0.492 e. The van der Waals surface area contributed by atoms with Crippen molar-refractivity contribution >= 4 is 59.6 Å². The highest BCUT2D eigenvalue weighted by Gasteiger charge is 2.16. The van der Waals surface area contributed by atoms with Gasteiger partial charge >= 0.3 is 5.97 Å². The van der Waals surface area contributed by atoms with Gasteiger partial charge in [0.15, 0.2) is 6.10 Å². The number of fused-ring (bicyclic) bond motifs is 3. The Kier molecular flexibility index (Phi) is 6.65. The molecule has 0 saturated carbocycles. The molecule has 31 heavy (non-hydrogen) atoms. The number of aliphatic carboxylic acids is 1. The van der Waals surface area contributed by atoms with Crippen LogP contribution >= 0.6 is 31.9 Å². The van der Waals surface area contributed by atoms with Crippen molar-refractivity contribution in [2.75, 3.05) is 13.7 Å². The molecule has 160 valence electrons. The standard InChI is InChI=1S/C24H21Br2NO4/c1-30-23(24(28)29)12-15-2-6-18(7-3-15)31-11-10-27-21-8-4-16(25)13-19(21)20-14-17(26)5-9-22(20)27/h2-9,13-14,23H,10-12H2,1H3,(H,28,29)/t23-/m0/s1. The van der Waals surface area contributed by atoms with E-state index >= 15 is 0 Å². The van der Waals surface area contributed by atoms with Crippen molar-refractivity contribution in [2.45, 2.75) is 19.1 Å². The maximum atomic E-state index is 11.1. The number of methoxy groups -OCH3 is 1. The van der Waals surface area contributed by atoms with Gasteiger partial charge in [0.1, 0.15) is 12.4 Å². The van der Waals surface area contributed by atoms with Crippen LogP contribution in [0.3, 0.4) is 0 Å². The van der Waals surface area contributed by atoms with Crippen molar-refractivity contribution in [3.05, 3.63) is 75.2 Å². The van der Waals surface area contributed by atoms with Gasteiger partial charge in [-0.2, -0.15) is 0 Å². The van der Waals surface area contributed by atoms with Gasteiger partial charge in [-0.15, -0.1) is 0 Å². The summed E-state index contributed by atoms with van der Waals surface area (Å²) in [6.07, 6.45) is -0.527. The molecule has 1 heterocycles. The molecule has 0 unspecified atom stereocenters. The number of nitrogens with zero attached hydrogens (tertiary/aromatic N) is 1. The summed E-state index contributed by atoms with van der Waals surface area (Å²) in [6, 6.07) is 20.1. The van der Waals surface area contributed by atoms with Crippen LogP contribution in [0.25, 0.3) is 21.8 Å². The van der Waals surface area contributed by atoms with Crippen LogP contribution in [0.15, 0.2) is 69.6 Å². The summed E-state index contributed by atoms with van der Waals surface area (Å²) in [5.41, 5.74) is 3.21. The Balaban J connectivity index is 1.49. The molecule has 1 aromatic heterocycles. The third kappa shape index (κ3) is 4.79. The Morgan fingerprint density at radius 1 is 0.968 bits per heavy atom. The molecule has 1 atom stereocenters. The molecule has 0 amide bonds. The molecule has 7 heteroatoms. The van der Waals surface area contributed by atoms with Crippen LogP contribution in [0.1, 0.15) is 5.56 Å². The molecule has 4 rings (SSSR count).